The fourth-order valence-corrected chi connectivity index (χ4v) is 3.98. The Kier molecular flexibility index (Phi) is 7.19. The van der Waals surface area contributed by atoms with Gasteiger partial charge in [0.1, 0.15) is 12.3 Å². The number of halogens is 4. The van der Waals surface area contributed by atoms with E-state index in [1.807, 2.05) is 0 Å². The zero-order valence-electron chi connectivity index (χ0n) is 17.1. The molecule has 1 N–H and O–H groups in total. The van der Waals surface area contributed by atoms with Crippen LogP contribution in [0, 0.1) is 0 Å². The van der Waals surface area contributed by atoms with Crippen molar-refractivity contribution in [2.45, 2.75) is 6.18 Å². The molecule has 0 fully saturated rings. The van der Waals surface area contributed by atoms with Gasteiger partial charge in [0.15, 0.2) is 5.75 Å². The topological polar surface area (TPSA) is 75.7 Å². The highest BCUT2D eigenvalue weighted by atomic mass is 35.5. The van der Waals surface area contributed by atoms with Crippen LogP contribution in [0.2, 0.25) is 5.02 Å². The molecule has 0 heterocycles. The summed E-state index contributed by atoms with van der Waals surface area (Å²) in [6.45, 7) is -0.696. The lowest BCUT2D eigenvalue weighted by Gasteiger charge is -2.24. The van der Waals surface area contributed by atoms with Crippen LogP contribution in [0.5, 0.6) is 11.5 Å². The van der Waals surface area contributed by atoms with Gasteiger partial charge in [-0.2, -0.15) is 13.2 Å². The Morgan fingerprint density at radius 2 is 1.67 bits per heavy atom. The van der Waals surface area contributed by atoms with E-state index in [-0.39, 0.29) is 17.1 Å². The number of benzene rings is 3. The molecule has 3 rings (SSSR count). The van der Waals surface area contributed by atoms with E-state index in [1.54, 1.807) is 42.5 Å². The van der Waals surface area contributed by atoms with Crippen molar-refractivity contribution in [1.82, 2.24) is 0 Å². The normalized spacial score (nSPS) is 11.7. The minimum absolute atomic E-state index is 0.0890. The number of sulfonamides is 1. The molecular weight excluding hydrogens is 481 g/mol. The molecule has 1 amide bonds. The van der Waals surface area contributed by atoms with Crippen molar-refractivity contribution in [2.24, 2.45) is 0 Å². The third kappa shape index (κ3) is 6.39. The van der Waals surface area contributed by atoms with E-state index in [1.165, 1.54) is 18.2 Å². The number of para-hydroxylation sites is 3. The third-order valence-electron chi connectivity index (χ3n) is 4.35. The molecule has 0 bridgehead atoms. The van der Waals surface area contributed by atoms with Crippen LogP contribution in [-0.2, 0) is 21.0 Å². The van der Waals surface area contributed by atoms with E-state index in [0.29, 0.717) is 11.8 Å². The lowest BCUT2D eigenvalue weighted by atomic mass is 10.2. The maximum Gasteiger partial charge on any atom is 0.417 e. The highest BCUT2D eigenvalue weighted by Gasteiger charge is 2.33. The van der Waals surface area contributed by atoms with Gasteiger partial charge in [-0.25, -0.2) is 8.42 Å². The number of hydrogen-bond acceptors (Lipinski definition) is 4. The molecule has 33 heavy (non-hydrogen) atoms. The number of nitrogens with one attached hydrogen (secondary N) is 1. The van der Waals surface area contributed by atoms with Crippen LogP contribution in [0.1, 0.15) is 5.56 Å². The first-order valence-electron chi connectivity index (χ1n) is 9.41. The minimum Gasteiger partial charge on any atom is -0.455 e. The number of hydrogen-bond donors (Lipinski definition) is 1. The summed E-state index contributed by atoms with van der Waals surface area (Å²) in [5.41, 5.74) is -1.21. The van der Waals surface area contributed by atoms with Gasteiger partial charge in [0.05, 0.1) is 22.5 Å². The molecule has 0 aliphatic carbocycles. The van der Waals surface area contributed by atoms with Crippen molar-refractivity contribution in [3.8, 4) is 11.5 Å². The monoisotopic (exact) mass is 498 g/mol. The second-order valence-corrected chi connectivity index (χ2v) is 9.21. The largest absolute Gasteiger partial charge is 0.455 e. The Morgan fingerprint density at radius 3 is 2.30 bits per heavy atom. The maximum atomic E-state index is 13.1. The summed E-state index contributed by atoms with van der Waals surface area (Å²) >= 11 is 5.59. The van der Waals surface area contributed by atoms with E-state index in [9.17, 15) is 26.4 Å². The average Bonchev–Trinajstić information content (AvgIpc) is 2.73. The van der Waals surface area contributed by atoms with E-state index in [4.69, 9.17) is 16.3 Å². The van der Waals surface area contributed by atoms with Gasteiger partial charge in [-0.05, 0) is 42.5 Å². The molecule has 3 aromatic rings. The summed E-state index contributed by atoms with van der Waals surface area (Å²) in [7, 11) is -3.97. The van der Waals surface area contributed by atoms with Crippen molar-refractivity contribution < 1.29 is 31.1 Å². The van der Waals surface area contributed by atoms with Crippen LogP contribution in [0.4, 0.5) is 24.5 Å². The number of carbonyl (C=O) groups excluding carboxylic acids is 1. The second-order valence-electron chi connectivity index (χ2n) is 6.89. The van der Waals surface area contributed by atoms with E-state index < -0.39 is 39.2 Å². The van der Waals surface area contributed by atoms with E-state index in [2.05, 4.69) is 5.32 Å². The SMILES string of the molecule is CS(=O)(=O)N(CC(=O)Nc1ccc(Cl)c(C(F)(F)F)c1)c1ccccc1Oc1ccccc1. The number of anilines is 2. The molecular formula is C22H18ClF3N2O4S. The molecule has 0 aliphatic heterocycles. The molecule has 3 aromatic carbocycles. The molecule has 174 valence electrons. The van der Waals surface area contributed by atoms with Crippen molar-refractivity contribution in [1.29, 1.82) is 0 Å². The lowest BCUT2D eigenvalue weighted by Crippen LogP contribution is -2.37. The first-order valence-corrected chi connectivity index (χ1v) is 11.6. The zero-order chi connectivity index (χ0) is 24.2. The quantitative estimate of drug-likeness (QED) is 0.463. The Morgan fingerprint density at radius 1 is 1.03 bits per heavy atom. The average molecular weight is 499 g/mol. The van der Waals surface area contributed by atoms with Crippen LogP contribution in [0.15, 0.2) is 72.8 Å². The molecule has 0 atom stereocenters. The maximum absolute atomic E-state index is 13.1. The summed E-state index contributed by atoms with van der Waals surface area (Å²) in [5, 5.41) is 1.76. The number of ether oxygens (including phenoxy) is 1. The van der Waals surface area contributed by atoms with Crippen molar-refractivity contribution >= 4 is 38.9 Å². The van der Waals surface area contributed by atoms with Gasteiger partial charge in [0.25, 0.3) is 0 Å². The molecule has 0 aliphatic rings. The Labute approximate surface area is 193 Å². The number of nitrogens with zero attached hydrogens (tertiary/aromatic N) is 1. The van der Waals surface area contributed by atoms with Gasteiger partial charge in [-0.1, -0.05) is 41.9 Å². The molecule has 0 saturated carbocycles. The molecule has 0 unspecified atom stereocenters. The van der Waals surface area contributed by atoms with E-state index in [0.717, 1.165) is 16.6 Å². The summed E-state index contributed by atoms with van der Waals surface area (Å²) in [6.07, 6.45) is -3.81. The highest BCUT2D eigenvalue weighted by molar-refractivity contribution is 7.92. The Bertz CT molecular complexity index is 1250. The van der Waals surface area contributed by atoms with Crippen molar-refractivity contribution in [3.05, 3.63) is 83.4 Å². The lowest BCUT2D eigenvalue weighted by molar-refractivity contribution is -0.137. The van der Waals surface area contributed by atoms with Gasteiger partial charge < -0.3 is 10.1 Å². The van der Waals surface area contributed by atoms with Gasteiger partial charge in [-0.15, -0.1) is 0 Å². The molecule has 0 radical (unpaired) electrons. The number of rotatable bonds is 7. The number of alkyl halides is 3. The van der Waals surface area contributed by atoms with Crippen molar-refractivity contribution in [3.63, 3.8) is 0 Å². The summed E-state index contributed by atoms with van der Waals surface area (Å²) < 4.78 is 70.8. The predicted octanol–water partition coefficient (Wildman–Crippen LogP) is 5.56. The third-order valence-corrected chi connectivity index (χ3v) is 5.80. The predicted molar refractivity (Wildman–Crippen MR) is 120 cm³/mol. The Hall–Kier alpha value is -3.24. The van der Waals surface area contributed by atoms with Crippen LogP contribution < -0.4 is 14.4 Å². The fourth-order valence-electron chi connectivity index (χ4n) is 2.90. The van der Waals surface area contributed by atoms with Crippen LogP contribution >= 0.6 is 11.6 Å². The minimum atomic E-state index is -4.72. The number of amides is 1. The zero-order valence-corrected chi connectivity index (χ0v) is 18.7. The van der Waals surface area contributed by atoms with E-state index >= 15 is 0 Å². The molecule has 0 aromatic heterocycles. The summed E-state index contributed by atoms with van der Waals surface area (Å²) in [5.74, 6) is -0.234. The van der Waals surface area contributed by atoms with Crippen LogP contribution in [0.25, 0.3) is 0 Å². The first-order chi connectivity index (χ1) is 15.4. The second kappa shape index (κ2) is 9.72. The van der Waals surface area contributed by atoms with Crippen molar-refractivity contribution in [2.75, 3.05) is 22.4 Å². The highest BCUT2D eigenvalue weighted by Crippen LogP contribution is 2.36. The molecule has 6 nitrogen and oxygen atoms in total. The summed E-state index contributed by atoms with van der Waals surface area (Å²) in [6, 6.07) is 17.7. The van der Waals surface area contributed by atoms with Crippen LogP contribution in [-0.4, -0.2) is 27.1 Å². The Balaban J connectivity index is 1.87. The molecule has 11 heteroatoms. The molecule has 0 saturated heterocycles. The first kappa shape index (κ1) is 24.4. The fraction of sp³-hybridized carbons (Fsp3) is 0.136. The smallest absolute Gasteiger partial charge is 0.417 e. The van der Waals surface area contributed by atoms with Gasteiger partial charge in [-0.3, -0.25) is 9.10 Å². The number of carbonyl (C=O) groups is 1. The van der Waals surface area contributed by atoms with Gasteiger partial charge in [0, 0.05) is 5.69 Å². The summed E-state index contributed by atoms with van der Waals surface area (Å²) in [4.78, 5) is 12.6. The molecule has 0 spiro atoms. The van der Waals surface area contributed by atoms with Crippen LogP contribution in [0.3, 0.4) is 0 Å². The van der Waals surface area contributed by atoms with Gasteiger partial charge in [0.2, 0.25) is 15.9 Å². The van der Waals surface area contributed by atoms with Gasteiger partial charge >= 0.3 is 6.18 Å². The standard InChI is InChI=1S/C22H18ClF3N2O4S/c1-33(30,31)28(19-9-5-6-10-20(19)32-16-7-3-2-4-8-16)14-21(29)27-15-11-12-18(23)17(13-15)22(24,25)26/h2-13H,14H2,1H3,(H,27,29).